The van der Waals surface area contributed by atoms with Gasteiger partial charge in [0.05, 0.1) is 12.8 Å². The number of anilines is 2. The molecule has 1 rings (SSSR count). The van der Waals surface area contributed by atoms with E-state index in [1.165, 1.54) is 18.2 Å². The summed E-state index contributed by atoms with van der Waals surface area (Å²) < 4.78 is 13.1. The minimum atomic E-state index is -0.389. The van der Waals surface area contributed by atoms with Gasteiger partial charge in [0.1, 0.15) is 5.69 Å². The lowest BCUT2D eigenvalue weighted by Crippen LogP contribution is -2.17. The number of hydrogen-bond acceptors (Lipinski definition) is 3. The Balaban J connectivity index is 3.12. The monoisotopic (exact) mass is 170 g/mol. The average Bonchev–Trinajstić information content (AvgIpc) is 2.03. The van der Waals surface area contributed by atoms with Gasteiger partial charge in [-0.1, -0.05) is 6.07 Å². The summed E-state index contributed by atoms with van der Waals surface area (Å²) >= 11 is 0. The smallest absolute Gasteiger partial charge is 0.150 e. The van der Waals surface area contributed by atoms with E-state index in [9.17, 15) is 4.39 Å². The topological polar surface area (TPSA) is 38.5 Å². The molecule has 4 heteroatoms. The summed E-state index contributed by atoms with van der Waals surface area (Å²) in [6, 6.07) is 4.51. The van der Waals surface area contributed by atoms with E-state index in [0.29, 0.717) is 5.69 Å². The maximum absolute atomic E-state index is 13.1. The lowest BCUT2D eigenvalue weighted by molar-refractivity contribution is 0.183. The van der Waals surface area contributed by atoms with Gasteiger partial charge < -0.3 is 5.73 Å². The van der Waals surface area contributed by atoms with Crippen LogP contribution in [-0.4, -0.2) is 14.2 Å². The van der Waals surface area contributed by atoms with Crippen molar-refractivity contribution < 1.29 is 9.23 Å². The lowest BCUT2D eigenvalue weighted by atomic mass is 10.2. The van der Waals surface area contributed by atoms with Crippen LogP contribution in [0.5, 0.6) is 0 Å². The summed E-state index contributed by atoms with van der Waals surface area (Å²) in [7, 11) is 3.04. The highest BCUT2D eigenvalue weighted by atomic mass is 19.1. The van der Waals surface area contributed by atoms with Gasteiger partial charge in [-0.05, 0) is 12.1 Å². The van der Waals surface area contributed by atoms with Crippen LogP contribution in [0.3, 0.4) is 0 Å². The van der Waals surface area contributed by atoms with E-state index < -0.39 is 0 Å². The first-order chi connectivity index (χ1) is 5.66. The maximum Gasteiger partial charge on any atom is 0.150 e. The van der Waals surface area contributed by atoms with Crippen LogP contribution in [0.2, 0.25) is 0 Å². The normalized spacial score (nSPS) is 9.92. The molecule has 3 nitrogen and oxygen atoms in total. The van der Waals surface area contributed by atoms with Crippen molar-refractivity contribution >= 4 is 11.4 Å². The number of nitrogen functional groups attached to an aromatic ring is 1. The van der Waals surface area contributed by atoms with E-state index >= 15 is 0 Å². The summed E-state index contributed by atoms with van der Waals surface area (Å²) in [6.45, 7) is 0. The molecule has 0 aliphatic rings. The van der Waals surface area contributed by atoms with Gasteiger partial charge in [0.25, 0.3) is 0 Å². The Kier molecular flexibility index (Phi) is 2.50. The Morgan fingerprint density at radius 3 is 2.67 bits per heavy atom. The summed E-state index contributed by atoms with van der Waals surface area (Å²) in [4.78, 5) is 4.81. The molecule has 1 aromatic rings. The second kappa shape index (κ2) is 3.40. The molecule has 0 atom stereocenters. The highest BCUT2D eigenvalue weighted by Crippen LogP contribution is 2.24. The van der Waals surface area contributed by atoms with Crippen LogP contribution in [0.25, 0.3) is 0 Å². The highest BCUT2D eigenvalue weighted by molar-refractivity contribution is 5.66. The first kappa shape index (κ1) is 8.80. The Morgan fingerprint density at radius 1 is 1.50 bits per heavy atom. The number of halogens is 1. The van der Waals surface area contributed by atoms with Crippen molar-refractivity contribution in [2.75, 3.05) is 25.0 Å². The van der Waals surface area contributed by atoms with E-state index in [-0.39, 0.29) is 11.5 Å². The number of benzene rings is 1. The lowest BCUT2D eigenvalue weighted by Gasteiger charge is -2.18. The van der Waals surface area contributed by atoms with Crippen LogP contribution in [0.1, 0.15) is 0 Å². The standard InChI is InChI=1S/C8H11FN2O/c1-11(12-2)8-6(9)4-3-5-7(8)10/h3-5H,10H2,1-2H3. The first-order valence-corrected chi connectivity index (χ1v) is 3.48. The average molecular weight is 170 g/mol. The largest absolute Gasteiger partial charge is 0.397 e. The number of para-hydroxylation sites is 1. The minimum Gasteiger partial charge on any atom is -0.397 e. The molecular weight excluding hydrogens is 159 g/mol. The number of hydrogen-bond donors (Lipinski definition) is 1. The molecule has 0 saturated heterocycles. The maximum atomic E-state index is 13.1. The molecule has 66 valence electrons. The molecule has 0 heterocycles. The summed E-state index contributed by atoms with van der Waals surface area (Å²) in [6.07, 6.45) is 0. The van der Waals surface area contributed by atoms with Gasteiger partial charge in [0, 0.05) is 7.05 Å². The van der Waals surface area contributed by atoms with Crippen molar-refractivity contribution in [1.82, 2.24) is 0 Å². The van der Waals surface area contributed by atoms with Gasteiger partial charge in [0.15, 0.2) is 5.82 Å². The van der Waals surface area contributed by atoms with Gasteiger partial charge in [-0.25, -0.2) is 4.39 Å². The molecule has 0 amide bonds. The molecule has 0 aromatic heterocycles. The van der Waals surface area contributed by atoms with E-state index in [0.717, 1.165) is 0 Å². The molecule has 2 N–H and O–H groups in total. The van der Waals surface area contributed by atoms with Gasteiger partial charge >= 0.3 is 0 Å². The summed E-state index contributed by atoms with van der Waals surface area (Å²) in [5.41, 5.74) is 6.16. The van der Waals surface area contributed by atoms with Crippen LogP contribution in [0.15, 0.2) is 18.2 Å². The molecule has 0 fully saturated rings. The van der Waals surface area contributed by atoms with Gasteiger partial charge in [-0.2, -0.15) is 0 Å². The second-order valence-corrected chi connectivity index (χ2v) is 2.36. The van der Waals surface area contributed by atoms with Crippen molar-refractivity contribution in [3.05, 3.63) is 24.0 Å². The van der Waals surface area contributed by atoms with Crippen molar-refractivity contribution in [1.29, 1.82) is 0 Å². The number of nitrogens with two attached hydrogens (primary N) is 1. The Labute approximate surface area is 70.5 Å². The zero-order chi connectivity index (χ0) is 9.14. The number of rotatable bonds is 2. The molecular formula is C8H11FN2O. The SMILES string of the molecule is CON(C)c1c(N)cccc1F. The van der Waals surface area contributed by atoms with E-state index in [1.54, 1.807) is 19.2 Å². The van der Waals surface area contributed by atoms with Crippen LogP contribution in [-0.2, 0) is 4.84 Å². The van der Waals surface area contributed by atoms with Crippen molar-refractivity contribution in [2.45, 2.75) is 0 Å². The van der Waals surface area contributed by atoms with Crippen LogP contribution in [0, 0.1) is 5.82 Å². The quantitative estimate of drug-likeness (QED) is 0.538. The predicted molar refractivity (Wildman–Crippen MR) is 46.2 cm³/mol. The third kappa shape index (κ3) is 1.48. The van der Waals surface area contributed by atoms with Crippen LogP contribution < -0.4 is 10.8 Å². The van der Waals surface area contributed by atoms with Crippen molar-refractivity contribution in [2.24, 2.45) is 0 Å². The molecule has 0 spiro atoms. The zero-order valence-corrected chi connectivity index (χ0v) is 7.04. The molecule has 0 bridgehead atoms. The zero-order valence-electron chi connectivity index (χ0n) is 7.04. The minimum absolute atomic E-state index is 0.264. The van der Waals surface area contributed by atoms with Crippen molar-refractivity contribution in [3.63, 3.8) is 0 Å². The first-order valence-electron chi connectivity index (χ1n) is 3.48. The Hall–Kier alpha value is -1.29. The van der Waals surface area contributed by atoms with Gasteiger partial charge in [-0.3, -0.25) is 9.90 Å². The van der Waals surface area contributed by atoms with Gasteiger partial charge in [-0.15, -0.1) is 0 Å². The third-order valence-corrected chi connectivity index (χ3v) is 1.61. The van der Waals surface area contributed by atoms with Gasteiger partial charge in [0.2, 0.25) is 0 Å². The fourth-order valence-corrected chi connectivity index (χ4v) is 0.956. The second-order valence-electron chi connectivity index (χ2n) is 2.36. The molecule has 0 saturated carbocycles. The highest BCUT2D eigenvalue weighted by Gasteiger charge is 2.09. The molecule has 0 aliphatic carbocycles. The van der Waals surface area contributed by atoms with Crippen molar-refractivity contribution in [3.8, 4) is 0 Å². The molecule has 0 aliphatic heterocycles. The third-order valence-electron chi connectivity index (χ3n) is 1.61. The molecule has 12 heavy (non-hydrogen) atoms. The van der Waals surface area contributed by atoms with Crippen LogP contribution >= 0.6 is 0 Å². The predicted octanol–water partition coefficient (Wildman–Crippen LogP) is 1.41. The fourth-order valence-electron chi connectivity index (χ4n) is 0.956. The molecule has 0 unspecified atom stereocenters. The number of nitrogens with zero attached hydrogens (tertiary/aromatic N) is 1. The summed E-state index contributed by atoms with van der Waals surface area (Å²) in [5, 5.41) is 1.28. The Morgan fingerprint density at radius 2 is 2.17 bits per heavy atom. The van der Waals surface area contributed by atoms with E-state index in [4.69, 9.17) is 10.6 Å². The fraction of sp³-hybridized carbons (Fsp3) is 0.250. The van der Waals surface area contributed by atoms with E-state index in [1.807, 2.05) is 0 Å². The summed E-state index contributed by atoms with van der Waals surface area (Å²) in [5.74, 6) is -0.389. The molecule has 0 radical (unpaired) electrons. The van der Waals surface area contributed by atoms with Crippen LogP contribution in [0.4, 0.5) is 15.8 Å². The Bertz CT molecular complexity index is 258. The number of hydroxylamine groups is 1. The molecule has 1 aromatic carbocycles. The van der Waals surface area contributed by atoms with E-state index in [2.05, 4.69) is 0 Å².